The number of carbonyl (C=O) groups is 1. The summed E-state index contributed by atoms with van der Waals surface area (Å²) >= 11 is 0. The van der Waals surface area contributed by atoms with Crippen molar-refractivity contribution >= 4 is 6.29 Å². The van der Waals surface area contributed by atoms with E-state index in [0.717, 1.165) is 36.2 Å². The molecular weight excluding hydrogens is 192 g/mol. The molecule has 15 heavy (non-hydrogen) atoms. The van der Waals surface area contributed by atoms with Gasteiger partial charge in [-0.25, -0.2) is 0 Å². The quantitative estimate of drug-likeness (QED) is 0.706. The Labute approximate surface area is 89.0 Å². The second-order valence-electron chi connectivity index (χ2n) is 3.84. The summed E-state index contributed by atoms with van der Waals surface area (Å²) in [6.45, 7) is 0. The van der Waals surface area contributed by atoms with Crippen molar-refractivity contribution in [2.45, 2.75) is 18.3 Å². The lowest BCUT2D eigenvalue weighted by Gasteiger charge is -2.14. The molecule has 2 rings (SSSR count). The zero-order chi connectivity index (χ0) is 10.9. The van der Waals surface area contributed by atoms with Crippen LogP contribution in [0.25, 0.3) is 0 Å². The van der Waals surface area contributed by atoms with E-state index in [1.54, 1.807) is 14.2 Å². The molecule has 1 fully saturated rings. The topological polar surface area (TPSA) is 35.5 Å². The third-order valence-corrected chi connectivity index (χ3v) is 2.96. The second-order valence-corrected chi connectivity index (χ2v) is 3.84. The van der Waals surface area contributed by atoms with Crippen LogP contribution in [0.5, 0.6) is 11.5 Å². The molecule has 0 unspecified atom stereocenters. The largest absolute Gasteiger partial charge is 0.497 e. The third kappa shape index (κ3) is 1.58. The zero-order valence-corrected chi connectivity index (χ0v) is 8.95. The maximum absolute atomic E-state index is 11.1. The first-order valence-corrected chi connectivity index (χ1v) is 4.94. The van der Waals surface area contributed by atoms with E-state index in [1.807, 2.05) is 18.2 Å². The third-order valence-electron chi connectivity index (χ3n) is 2.96. The molecule has 1 aliphatic carbocycles. The van der Waals surface area contributed by atoms with Crippen LogP contribution in [0.3, 0.4) is 0 Å². The van der Waals surface area contributed by atoms with Crippen molar-refractivity contribution in [3.8, 4) is 11.5 Å². The van der Waals surface area contributed by atoms with Gasteiger partial charge in [0, 0.05) is 5.56 Å². The van der Waals surface area contributed by atoms with Crippen LogP contribution in [0.15, 0.2) is 18.2 Å². The lowest BCUT2D eigenvalue weighted by molar-refractivity contribution is -0.109. The minimum absolute atomic E-state index is 0.320. The van der Waals surface area contributed by atoms with Gasteiger partial charge in [-0.3, -0.25) is 0 Å². The molecule has 0 atom stereocenters. The predicted octanol–water partition coefficient (Wildman–Crippen LogP) is 1.93. The minimum atomic E-state index is -0.320. The maximum atomic E-state index is 11.1. The monoisotopic (exact) mass is 206 g/mol. The first-order valence-electron chi connectivity index (χ1n) is 4.94. The SMILES string of the molecule is COc1ccc(OC)c(C2(C=O)CC2)c1. The number of carbonyl (C=O) groups excluding carboxylic acids is 1. The Hall–Kier alpha value is -1.51. The Morgan fingerprint density at radius 1 is 1.27 bits per heavy atom. The van der Waals surface area contributed by atoms with Crippen molar-refractivity contribution in [3.05, 3.63) is 23.8 Å². The van der Waals surface area contributed by atoms with Gasteiger partial charge in [-0.2, -0.15) is 0 Å². The van der Waals surface area contributed by atoms with Crippen molar-refractivity contribution in [1.82, 2.24) is 0 Å². The van der Waals surface area contributed by atoms with Gasteiger partial charge in [0.05, 0.1) is 19.6 Å². The molecular formula is C12H14O3. The Morgan fingerprint density at radius 3 is 2.47 bits per heavy atom. The second kappa shape index (κ2) is 3.57. The summed E-state index contributed by atoms with van der Waals surface area (Å²) in [4.78, 5) is 11.1. The lowest BCUT2D eigenvalue weighted by Crippen LogP contribution is -2.09. The van der Waals surface area contributed by atoms with Crippen LogP contribution in [0, 0.1) is 0 Å². The molecule has 0 aliphatic heterocycles. The number of methoxy groups -OCH3 is 2. The molecule has 0 N–H and O–H groups in total. The minimum Gasteiger partial charge on any atom is -0.497 e. The first-order chi connectivity index (χ1) is 7.25. The van der Waals surface area contributed by atoms with Gasteiger partial charge in [-0.1, -0.05) is 0 Å². The number of benzene rings is 1. The van der Waals surface area contributed by atoms with E-state index in [0.29, 0.717) is 0 Å². The fourth-order valence-electron chi connectivity index (χ4n) is 1.79. The molecule has 80 valence electrons. The number of hydrogen-bond acceptors (Lipinski definition) is 3. The summed E-state index contributed by atoms with van der Waals surface area (Å²) in [7, 11) is 3.23. The molecule has 0 heterocycles. The summed E-state index contributed by atoms with van der Waals surface area (Å²) in [6, 6.07) is 5.57. The lowest BCUT2D eigenvalue weighted by atomic mass is 9.96. The summed E-state index contributed by atoms with van der Waals surface area (Å²) in [5.41, 5.74) is 0.624. The van der Waals surface area contributed by atoms with Gasteiger partial charge in [0.25, 0.3) is 0 Å². The van der Waals surface area contributed by atoms with E-state index in [2.05, 4.69) is 0 Å². The van der Waals surface area contributed by atoms with Gasteiger partial charge in [-0.15, -0.1) is 0 Å². The van der Waals surface area contributed by atoms with Crippen LogP contribution in [0.2, 0.25) is 0 Å². The number of aldehydes is 1. The van der Waals surface area contributed by atoms with Gasteiger partial charge in [0.1, 0.15) is 17.8 Å². The normalized spacial score (nSPS) is 16.9. The molecule has 0 radical (unpaired) electrons. The van der Waals surface area contributed by atoms with Gasteiger partial charge in [0.15, 0.2) is 0 Å². The van der Waals surface area contributed by atoms with E-state index < -0.39 is 0 Å². The van der Waals surface area contributed by atoms with Gasteiger partial charge in [0.2, 0.25) is 0 Å². The Morgan fingerprint density at radius 2 is 2.00 bits per heavy atom. The first kappa shape index (κ1) is 10.0. The Balaban J connectivity index is 2.47. The number of hydrogen-bond donors (Lipinski definition) is 0. The molecule has 0 saturated heterocycles. The van der Waals surface area contributed by atoms with Crippen molar-refractivity contribution in [2.24, 2.45) is 0 Å². The van der Waals surface area contributed by atoms with Crippen LogP contribution in [0.4, 0.5) is 0 Å². The van der Waals surface area contributed by atoms with Crippen molar-refractivity contribution < 1.29 is 14.3 Å². The fourth-order valence-corrected chi connectivity index (χ4v) is 1.79. The highest BCUT2D eigenvalue weighted by Crippen LogP contribution is 2.50. The molecule has 3 nitrogen and oxygen atoms in total. The molecule has 0 bridgehead atoms. The number of rotatable bonds is 4. The van der Waals surface area contributed by atoms with Gasteiger partial charge in [-0.05, 0) is 31.0 Å². The van der Waals surface area contributed by atoms with E-state index in [-0.39, 0.29) is 5.41 Å². The molecule has 1 aliphatic rings. The smallest absolute Gasteiger partial charge is 0.130 e. The molecule has 0 aromatic heterocycles. The van der Waals surface area contributed by atoms with Crippen LogP contribution < -0.4 is 9.47 Å². The molecule has 0 spiro atoms. The molecule has 0 amide bonds. The summed E-state index contributed by atoms with van der Waals surface area (Å²) < 4.78 is 10.4. The average molecular weight is 206 g/mol. The molecule has 1 aromatic carbocycles. The highest BCUT2D eigenvalue weighted by atomic mass is 16.5. The van der Waals surface area contributed by atoms with Crippen molar-refractivity contribution in [2.75, 3.05) is 14.2 Å². The van der Waals surface area contributed by atoms with E-state index >= 15 is 0 Å². The fraction of sp³-hybridized carbons (Fsp3) is 0.417. The van der Waals surface area contributed by atoms with Crippen molar-refractivity contribution in [3.63, 3.8) is 0 Å². The average Bonchev–Trinajstić information content (AvgIpc) is 3.09. The van der Waals surface area contributed by atoms with E-state index in [1.165, 1.54) is 0 Å². The summed E-state index contributed by atoms with van der Waals surface area (Å²) in [5.74, 6) is 1.53. The van der Waals surface area contributed by atoms with Crippen LogP contribution >= 0.6 is 0 Å². The van der Waals surface area contributed by atoms with E-state index in [4.69, 9.17) is 9.47 Å². The van der Waals surface area contributed by atoms with E-state index in [9.17, 15) is 4.79 Å². The Kier molecular flexibility index (Phi) is 2.39. The molecule has 1 aromatic rings. The highest BCUT2D eigenvalue weighted by Gasteiger charge is 2.46. The summed E-state index contributed by atoms with van der Waals surface area (Å²) in [6.07, 6.45) is 2.82. The van der Waals surface area contributed by atoms with Crippen LogP contribution in [0.1, 0.15) is 18.4 Å². The molecule has 1 saturated carbocycles. The van der Waals surface area contributed by atoms with Crippen LogP contribution in [-0.2, 0) is 10.2 Å². The van der Waals surface area contributed by atoms with Gasteiger partial charge < -0.3 is 14.3 Å². The van der Waals surface area contributed by atoms with Gasteiger partial charge >= 0.3 is 0 Å². The summed E-state index contributed by atoms with van der Waals surface area (Å²) in [5, 5.41) is 0. The maximum Gasteiger partial charge on any atom is 0.130 e. The number of ether oxygens (including phenoxy) is 2. The zero-order valence-electron chi connectivity index (χ0n) is 8.95. The standard InChI is InChI=1S/C12H14O3/c1-14-9-3-4-11(15-2)10(7-9)12(8-13)5-6-12/h3-4,7-8H,5-6H2,1-2H3. The van der Waals surface area contributed by atoms with Crippen LogP contribution in [-0.4, -0.2) is 20.5 Å². The Bertz CT molecular complexity index is 380. The highest BCUT2D eigenvalue weighted by molar-refractivity contribution is 5.75. The van der Waals surface area contributed by atoms with Crippen molar-refractivity contribution in [1.29, 1.82) is 0 Å². The molecule has 3 heteroatoms. The predicted molar refractivity (Wildman–Crippen MR) is 56.5 cm³/mol.